The summed E-state index contributed by atoms with van der Waals surface area (Å²) in [4.78, 5) is 9.62. The third-order valence-electron chi connectivity index (χ3n) is 2.62. The summed E-state index contributed by atoms with van der Waals surface area (Å²) >= 11 is 1.71. The van der Waals surface area contributed by atoms with E-state index in [0.29, 0.717) is 6.04 Å². The summed E-state index contributed by atoms with van der Waals surface area (Å²) in [5, 5.41) is 3.56. The van der Waals surface area contributed by atoms with Crippen LogP contribution in [0.2, 0.25) is 0 Å². The number of nitrogens with one attached hydrogen (secondary N) is 1. The van der Waals surface area contributed by atoms with Gasteiger partial charge in [-0.1, -0.05) is 13.0 Å². The minimum Gasteiger partial charge on any atom is -0.310 e. The van der Waals surface area contributed by atoms with E-state index in [4.69, 9.17) is 0 Å². The predicted molar refractivity (Wildman–Crippen MR) is 71.1 cm³/mol. The Balaban J connectivity index is 2.08. The van der Waals surface area contributed by atoms with E-state index in [2.05, 4.69) is 28.3 Å². The van der Waals surface area contributed by atoms with Crippen LogP contribution >= 0.6 is 11.3 Å². The van der Waals surface area contributed by atoms with Crippen LogP contribution in [0.3, 0.4) is 0 Å². The third kappa shape index (κ3) is 3.61. The van der Waals surface area contributed by atoms with Crippen molar-refractivity contribution in [3.63, 3.8) is 0 Å². The van der Waals surface area contributed by atoms with E-state index in [1.54, 1.807) is 11.3 Å². The first-order valence-corrected chi connectivity index (χ1v) is 6.78. The molecule has 4 heteroatoms. The van der Waals surface area contributed by atoms with Gasteiger partial charge in [-0.3, -0.25) is 9.97 Å². The molecule has 90 valence electrons. The van der Waals surface area contributed by atoms with Gasteiger partial charge >= 0.3 is 0 Å². The molecule has 0 aliphatic carbocycles. The molecular weight excluding hydrogens is 230 g/mol. The second-order valence-corrected chi connectivity index (χ2v) is 4.94. The SMILES string of the molecule is CCCNC(Cc1cncs1)c1cccnc1. The summed E-state index contributed by atoms with van der Waals surface area (Å²) in [5.41, 5.74) is 3.13. The number of rotatable bonds is 6. The Hall–Kier alpha value is -1.26. The molecule has 0 aliphatic rings. The summed E-state index contributed by atoms with van der Waals surface area (Å²) < 4.78 is 0. The van der Waals surface area contributed by atoms with Crippen molar-refractivity contribution in [1.29, 1.82) is 0 Å². The van der Waals surface area contributed by atoms with Gasteiger partial charge in [0.25, 0.3) is 0 Å². The van der Waals surface area contributed by atoms with Crippen molar-refractivity contribution in [2.75, 3.05) is 6.54 Å². The molecule has 2 aromatic heterocycles. The van der Waals surface area contributed by atoms with Crippen LogP contribution in [0.25, 0.3) is 0 Å². The molecule has 0 amide bonds. The average molecular weight is 247 g/mol. The molecule has 3 nitrogen and oxygen atoms in total. The van der Waals surface area contributed by atoms with Crippen molar-refractivity contribution >= 4 is 11.3 Å². The van der Waals surface area contributed by atoms with Crippen LogP contribution in [0.5, 0.6) is 0 Å². The number of thiazole rings is 1. The Morgan fingerprint density at radius 1 is 1.35 bits per heavy atom. The van der Waals surface area contributed by atoms with Gasteiger partial charge in [0.1, 0.15) is 0 Å². The average Bonchev–Trinajstić information content (AvgIpc) is 2.88. The number of hydrogen-bond donors (Lipinski definition) is 1. The monoisotopic (exact) mass is 247 g/mol. The Kier molecular flexibility index (Phi) is 4.64. The number of hydrogen-bond acceptors (Lipinski definition) is 4. The van der Waals surface area contributed by atoms with Crippen molar-refractivity contribution in [1.82, 2.24) is 15.3 Å². The van der Waals surface area contributed by atoms with Crippen LogP contribution in [0.1, 0.15) is 29.8 Å². The molecule has 1 unspecified atom stereocenters. The molecule has 0 spiro atoms. The second kappa shape index (κ2) is 6.47. The molecule has 0 bridgehead atoms. The van der Waals surface area contributed by atoms with Crippen LogP contribution in [-0.4, -0.2) is 16.5 Å². The topological polar surface area (TPSA) is 37.8 Å². The first-order valence-electron chi connectivity index (χ1n) is 5.91. The molecule has 0 saturated heterocycles. The lowest BCUT2D eigenvalue weighted by Gasteiger charge is -2.17. The van der Waals surface area contributed by atoms with Crippen LogP contribution in [0.4, 0.5) is 0 Å². The molecule has 0 fully saturated rings. The van der Waals surface area contributed by atoms with Gasteiger partial charge in [-0.15, -0.1) is 11.3 Å². The van der Waals surface area contributed by atoms with Crippen molar-refractivity contribution in [2.24, 2.45) is 0 Å². The van der Waals surface area contributed by atoms with Gasteiger partial charge in [0.05, 0.1) is 5.51 Å². The Morgan fingerprint density at radius 2 is 2.29 bits per heavy atom. The zero-order chi connectivity index (χ0) is 11.9. The van der Waals surface area contributed by atoms with Gasteiger partial charge in [-0.25, -0.2) is 0 Å². The molecule has 0 aromatic carbocycles. The molecule has 0 aliphatic heterocycles. The highest BCUT2D eigenvalue weighted by Crippen LogP contribution is 2.19. The summed E-state index contributed by atoms with van der Waals surface area (Å²) in [6.45, 7) is 3.21. The van der Waals surface area contributed by atoms with E-state index in [9.17, 15) is 0 Å². The van der Waals surface area contributed by atoms with Crippen LogP contribution < -0.4 is 5.32 Å². The van der Waals surface area contributed by atoms with Gasteiger partial charge < -0.3 is 5.32 Å². The van der Waals surface area contributed by atoms with Crippen LogP contribution in [-0.2, 0) is 6.42 Å². The van der Waals surface area contributed by atoms with E-state index in [1.807, 2.05) is 30.2 Å². The number of nitrogens with zero attached hydrogens (tertiary/aromatic N) is 2. The molecule has 0 saturated carbocycles. The standard InChI is InChI=1S/C13H17N3S/c1-2-5-16-13(7-12-9-15-10-17-12)11-4-3-6-14-8-11/h3-4,6,8-10,13,16H,2,5,7H2,1H3. The fraction of sp³-hybridized carbons (Fsp3) is 0.385. The minimum atomic E-state index is 0.337. The number of pyridine rings is 1. The van der Waals surface area contributed by atoms with Gasteiger partial charge in [0, 0.05) is 35.9 Å². The fourth-order valence-corrected chi connectivity index (χ4v) is 2.39. The fourth-order valence-electron chi connectivity index (χ4n) is 1.75. The summed E-state index contributed by atoms with van der Waals surface area (Å²) in [6, 6.07) is 4.45. The Labute approximate surface area is 106 Å². The highest BCUT2D eigenvalue weighted by Gasteiger charge is 2.12. The highest BCUT2D eigenvalue weighted by atomic mass is 32.1. The van der Waals surface area contributed by atoms with Gasteiger partial charge in [0.15, 0.2) is 0 Å². The van der Waals surface area contributed by atoms with E-state index in [-0.39, 0.29) is 0 Å². The first kappa shape index (κ1) is 12.2. The zero-order valence-corrected chi connectivity index (χ0v) is 10.8. The molecule has 0 radical (unpaired) electrons. The quantitative estimate of drug-likeness (QED) is 0.853. The summed E-state index contributed by atoms with van der Waals surface area (Å²) in [6.07, 6.45) is 7.82. The van der Waals surface area contributed by atoms with Crippen molar-refractivity contribution in [3.8, 4) is 0 Å². The molecule has 1 N–H and O–H groups in total. The third-order valence-corrected chi connectivity index (χ3v) is 3.42. The number of aromatic nitrogens is 2. The predicted octanol–water partition coefficient (Wildman–Crippen LogP) is 2.82. The Bertz CT molecular complexity index is 413. The smallest absolute Gasteiger partial charge is 0.0794 e. The molecular formula is C13H17N3S. The van der Waals surface area contributed by atoms with Crippen molar-refractivity contribution < 1.29 is 0 Å². The molecule has 17 heavy (non-hydrogen) atoms. The maximum atomic E-state index is 4.19. The highest BCUT2D eigenvalue weighted by molar-refractivity contribution is 7.09. The molecule has 2 heterocycles. The van der Waals surface area contributed by atoms with E-state index in [1.165, 1.54) is 10.4 Å². The summed E-state index contributed by atoms with van der Waals surface area (Å²) in [7, 11) is 0. The second-order valence-electron chi connectivity index (χ2n) is 3.96. The molecule has 2 aromatic rings. The van der Waals surface area contributed by atoms with Crippen LogP contribution in [0.15, 0.2) is 36.2 Å². The molecule has 1 atom stereocenters. The lowest BCUT2D eigenvalue weighted by Crippen LogP contribution is -2.23. The molecule has 2 rings (SSSR count). The van der Waals surface area contributed by atoms with E-state index >= 15 is 0 Å². The Morgan fingerprint density at radius 3 is 2.94 bits per heavy atom. The van der Waals surface area contributed by atoms with Gasteiger partial charge in [-0.2, -0.15) is 0 Å². The van der Waals surface area contributed by atoms with Crippen molar-refractivity contribution in [3.05, 3.63) is 46.7 Å². The first-order chi connectivity index (χ1) is 8.40. The van der Waals surface area contributed by atoms with E-state index in [0.717, 1.165) is 19.4 Å². The van der Waals surface area contributed by atoms with E-state index < -0.39 is 0 Å². The maximum absolute atomic E-state index is 4.19. The van der Waals surface area contributed by atoms with Gasteiger partial charge in [-0.05, 0) is 24.6 Å². The van der Waals surface area contributed by atoms with Gasteiger partial charge in [0.2, 0.25) is 0 Å². The minimum absolute atomic E-state index is 0.337. The zero-order valence-electron chi connectivity index (χ0n) is 9.97. The van der Waals surface area contributed by atoms with Crippen LogP contribution in [0, 0.1) is 0 Å². The maximum Gasteiger partial charge on any atom is 0.0794 e. The lowest BCUT2D eigenvalue weighted by molar-refractivity contribution is 0.530. The lowest BCUT2D eigenvalue weighted by atomic mass is 10.1. The largest absolute Gasteiger partial charge is 0.310 e. The normalized spacial score (nSPS) is 12.5. The van der Waals surface area contributed by atoms with Crippen molar-refractivity contribution in [2.45, 2.75) is 25.8 Å². The summed E-state index contributed by atoms with van der Waals surface area (Å²) in [5.74, 6) is 0.